The van der Waals surface area contributed by atoms with Gasteiger partial charge in [-0.05, 0) is 57.5 Å². The van der Waals surface area contributed by atoms with Gasteiger partial charge in [0.05, 0.1) is 12.2 Å². The largest absolute Gasteiger partial charge is 0.374 e. The van der Waals surface area contributed by atoms with E-state index in [4.69, 9.17) is 27.9 Å². The number of benzene rings is 1. The van der Waals surface area contributed by atoms with E-state index in [1.807, 2.05) is 12.1 Å². The second kappa shape index (κ2) is 7.49. The van der Waals surface area contributed by atoms with Crippen LogP contribution in [0.15, 0.2) is 18.2 Å². The van der Waals surface area contributed by atoms with Crippen LogP contribution in [0.5, 0.6) is 0 Å². The van der Waals surface area contributed by atoms with E-state index < -0.39 is 0 Å². The molecule has 2 nitrogen and oxygen atoms in total. The quantitative estimate of drug-likeness (QED) is 0.844. The molecule has 1 rings (SSSR count). The van der Waals surface area contributed by atoms with E-state index in [-0.39, 0.29) is 11.6 Å². The fourth-order valence-electron chi connectivity index (χ4n) is 1.79. The highest BCUT2D eigenvalue weighted by Gasteiger charge is 2.16. The first-order chi connectivity index (χ1) is 8.81. The molecule has 0 saturated heterocycles. The van der Waals surface area contributed by atoms with Crippen molar-refractivity contribution in [2.45, 2.75) is 45.8 Å². The van der Waals surface area contributed by atoms with Crippen LogP contribution in [-0.4, -0.2) is 24.8 Å². The fourth-order valence-corrected chi connectivity index (χ4v) is 2.18. The van der Waals surface area contributed by atoms with Gasteiger partial charge in [0.2, 0.25) is 0 Å². The van der Waals surface area contributed by atoms with Crippen LogP contribution in [0, 0.1) is 0 Å². The Morgan fingerprint density at radius 3 is 2.53 bits per heavy atom. The Kier molecular flexibility index (Phi) is 6.61. The molecule has 1 unspecified atom stereocenters. The van der Waals surface area contributed by atoms with Crippen molar-refractivity contribution in [3.63, 3.8) is 0 Å². The van der Waals surface area contributed by atoms with Crippen molar-refractivity contribution >= 4 is 23.2 Å². The van der Waals surface area contributed by atoms with Gasteiger partial charge in [-0.2, -0.15) is 0 Å². The van der Waals surface area contributed by atoms with Crippen molar-refractivity contribution < 1.29 is 4.74 Å². The van der Waals surface area contributed by atoms with E-state index in [2.05, 4.69) is 33.0 Å². The van der Waals surface area contributed by atoms with Gasteiger partial charge in [-0.3, -0.25) is 0 Å². The predicted octanol–water partition coefficient (Wildman–Crippen LogP) is 4.33. The molecule has 1 aromatic rings. The second-order valence-corrected chi connectivity index (χ2v) is 6.46. The van der Waals surface area contributed by atoms with Crippen LogP contribution in [-0.2, 0) is 11.2 Å². The lowest BCUT2D eigenvalue weighted by Crippen LogP contribution is -2.38. The van der Waals surface area contributed by atoms with E-state index >= 15 is 0 Å². The van der Waals surface area contributed by atoms with Gasteiger partial charge >= 0.3 is 0 Å². The van der Waals surface area contributed by atoms with Gasteiger partial charge in [-0.1, -0.05) is 30.1 Å². The molecule has 108 valence electrons. The molecule has 0 spiro atoms. The SMILES string of the molecule is CCNC(COC(C)(C)C)Cc1cc(Cl)ccc1Cl. The summed E-state index contributed by atoms with van der Waals surface area (Å²) in [6.07, 6.45) is 0.809. The molecular weight excluding hydrogens is 281 g/mol. The van der Waals surface area contributed by atoms with Crippen LogP contribution in [0.2, 0.25) is 10.0 Å². The van der Waals surface area contributed by atoms with Crippen LogP contribution in [0.4, 0.5) is 0 Å². The highest BCUT2D eigenvalue weighted by Crippen LogP contribution is 2.22. The van der Waals surface area contributed by atoms with Crippen molar-refractivity contribution in [2.75, 3.05) is 13.2 Å². The van der Waals surface area contributed by atoms with Crippen molar-refractivity contribution in [2.24, 2.45) is 0 Å². The summed E-state index contributed by atoms with van der Waals surface area (Å²) in [4.78, 5) is 0. The number of likely N-dealkylation sites (N-methyl/N-ethyl adjacent to an activating group) is 1. The predicted molar refractivity (Wildman–Crippen MR) is 83.3 cm³/mol. The van der Waals surface area contributed by atoms with Gasteiger partial charge < -0.3 is 10.1 Å². The first-order valence-electron chi connectivity index (χ1n) is 6.63. The Morgan fingerprint density at radius 1 is 1.26 bits per heavy atom. The minimum absolute atomic E-state index is 0.133. The monoisotopic (exact) mass is 303 g/mol. The topological polar surface area (TPSA) is 21.3 Å². The second-order valence-electron chi connectivity index (χ2n) is 5.62. The minimum atomic E-state index is -0.133. The van der Waals surface area contributed by atoms with Crippen LogP contribution in [0.1, 0.15) is 33.3 Å². The van der Waals surface area contributed by atoms with Crippen molar-refractivity contribution in [1.29, 1.82) is 0 Å². The summed E-state index contributed by atoms with van der Waals surface area (Å²) >= 11 is 12.2. The molecule has 0 aliphatic carbocycles. The van der Waals surface area contributed by atoms with E-state index in [1.165, 1.54) is 0 Å². The summed E-state index contributed by atoms with van der Waals surface area (Å²) < 4.78 is 5.85. The Hall–Kier alpha value is -0.280. The van der Waals surface area contributed by atoms with E-state index in [0.717, 1.165) is 23.6 Å². The summed E-state index contributed by atoms with van der Waals surface area (Å²) in [7, 11) is 0. The number of hydrogen-bond acceptors (Lipinski definition) is 2. The molecule has 0 fully saturated rings. The van der Waals surface area contributed by atoms with Gasteiger partial charge in [0.1, 0.15) is 0 Å². The maximum atomic E-state index is 6.20. The third-order valence-electron chi connectivity index (χ3n) is 2.68. The summed E-state index contributed by atoms with van der Waals surface area (Å²) in [5, 5.41) is 4.89. The average Bonchev–Trinajstić information content (AvgIpc) is 2.30. The van der Waals surface area contributed by atoms with Crippen LogP contribution in [0.3, 0.4) is 0 Å². The Morgan fingerprint density at radius 2 is 1.95 bits per heavy atom. The summed E-state index contributed by atoms with van der Waals surface area (Å²) in [6.45, 7) is 9.81. The molecule has 1 aromatic carbocycles. The molecule has 0 aliphatic heterocycles. The Bertz CT molecular complexity index is 402. The minimum Gasteiger partial charge on any atom is -0.374 e. The first-order valence-corrected chi connectivity index (χ1v) is 7.38. The van der Waals surface area contributed by atoms with Gasteiger partial charge in [0.15, 0.2) is 0 Å². The van der Waals surface area contributed by atoms with Crippen LogP contribution < -0.4 is 5.32 Å². The molecule has 0 amide bonds. The number of hydrogen-bond donors (Lipinski definition) is 1. The molecule has 0 bridgehead atoms. The Labute approximate surface area is 126 Å². The van der Waals surface area contributed by atoms with Crippen LogP contribution >= 0.6 is 23.2 Å². The van der Waals surface area contributed by atoms with Crippen molar-refractivity contribution in [3.8, 4) is 0 Å². The number of nitrogens with one attached hydrogen (secondary N) is 1. The number of ether oxygens (including phenoxy) is 1. The molecule has 0 aromatic heterocycles. The molecule has 19 heavy (non-hydrogen) atoms. The third-order valence-corrected chi connectivity index (χ3v) is 3.29. The van der Waals surface area contributed by atoms with E-state index in [0.29, 0.717) is 11.6 Å². The lowest BCUT2D eigenvalue weighted by atomic mass is 10.1. The van der Waals surface area contributed by atoms with Crippen LogP contribution in [0.25, 0.3) is 0 Å². The zero-order chi connectivity index (χ0) is 14.5. The van der Waals surface area contributed by atoms with Crippen molar-refractivity contribution in [1.82, 2.24) is 5.32 Å². The highest BCUT2D eigenvalue weighted by molar-refractivity contribution is 6.33. The zero-order valence-corrected chi connectivity index (χ0v) is 13.6. The number of rotatable bonds is 6. The number of halogens is 2. The molecule has 4 heteroatoms. The molecule has 0 heterocycles. The molecular formula is C15H23Cl2NO. The van der Waals surface area contributed by atoms with Gasteiger partial charge in [0, 0.05) is 16.1 Å². The summed E-state index contributed by atoms with van der Waals surface area (Å²) in [5.41, 5.74) is 0.920. The molecule has 0 saturated carbocycles. The fraction of sp³-hybridized carbons (Fsp3) is 0.600. The van der Waals surface area contributed by atoms with E-state index in [9.17, 15) is 0 Å². The lowest BCUT2D eigenvalue weighted by molar-refractivity contribution is -0.0141. The lowest BCUT2D eigenvalue weighted by Gasteiger charge is -2.25. The zero-order valence-electron chi connectivity index (χ0n) is 12.1. The maximum absolute atomic E-state index is 6.20. The molecule has 1 atom stereocenters. The summed E-state index contributed by atoms with van der Waals surface area (Å²) in [6, 6.07) is 5.81. The summed E-state index contributed by atoms with van der Waals surface area (Å²) in [5.74, 6) is 0. The third kappa shape index (κ3) is 6.62. The highest BCUT2D eigenvalue weighted by atomic mass is 35.5. The molecule has 0 aliphatic rings. The average molecular weight is 304 g/mol. The maximum Gasteiger partial charge on any atom is 0.0629 e. The van der Waals surface area contributed by atoms with Gasteiger partial charge in [-0.25, -0.2) is 0 Å². The normalized spacial score (nSPS) is 13.6. The molecule has 0 radical (unpaired) electrons. The molecule has 1 N–H and O–H groups in total. The first kappa shape index (κ1) is 16.8. The van der Waals surface area contributed by atoms with Gasteiger partial charge in [0.25, 0.3) is 0 Å². The van der Waals surface area contributed by atoms with E-state index in [1.54, 1.807) is 6.07 Å². The van der Waals surface area contributed by atoms with Crippen molar-refractivity contribution in [3.05, 3.63) is 33.8 Å². The standard InChI is InChI=1S/C15H23Cl2NO/c1-5-18-13(10-19-15(2,3)4)9-11-8-12(16)6-7-14(11)17/h6-8,13,18H,5,9-10H2,1-4H3. The van der Waals surface area contributed by atoms with Gasteiger partial charge in [-0.15, -0.1) is 0 Å². The smallest absolute Gasteiger partial charge is 0.0629 e. The Balaban J connectivity index is 2.69.